The Morgan fingerprint density at radius 3 is 2.28 bits per heavy atom. The van der Waals surface area contributed by atoms with Gasteiger partial charge in [0.2, 0.25) is 15.9 Å². The molecule has 0 saturated carbocycles. The summed E-state index contributed by atoms with van der Waals surface area (Å²) in [6.45, 7) is 6.13. The average molecular weight is 368 g/mol. The second-order valence-electron chi connectivity index (χ2n) is 6.41. The summed E-state index contributed by atoms with van der Waals surface area (Å²) in [6.07, 6.45) is 1.35. The van der Waals surface area contributed by atoms with Gasteiger partial charge < -0.3 is 9.64 Å². The third kappa shape index (κ3) is 4.80. The fraction of sp³-hybridized carbons (Fsp3) is 0.611. The zero-order valence-corrected chi connectivity index (χ0v) is 16.1. The largest absolute Gasteiger partial charge is 0.384 e. The molecular weight excluding hydrogens is 340 g/mol. The van der Waals surface area contributed by atoms with E-state index in [1.54, 1.807) is 24.1 Å². The molecule has 1 aliphatic heterocycles. The third-order valence-electron chi connectivity index (χ3n) is 4.81. The molecule has 0 aliphatic carbocycles. The minimum Gasteiger partial charge on any atom is -0.384 e. The molecule has 0 N–H and O–H groups in total. The van der Waals surface area contributed by atoms with Crippen molar-refractivity contribution in [3.05, 3.63) is 29.8 Å². The van der Waals surface area contributed by atoms with E-state index in [9.17, 15) is 13.2 Å². The Morgan fingerprint density at radius 2 is 1.76 bits per heavy atom. The molecule has 1 amide bonds. The Labute approximate surface area is 150 Å². The van der Waals surface area contributed by atoms with Gasteiger partial charge in [0.25, 0.3) is 0 Å². The Bertz CT molecular complexity index is 665. The zero-order valence-electron chi connectivity index (χ0n) is 15.3. The van der Waals surface area contributed by atoms with Crippen LogP contribution in [0.2, 0.25) is 0 Å². The van der Waals surface area contributed by atoms with Crippen LogP contribution >= 0.6 is 0 Å². The Balaban J connectivity index is 2.00. The lowest BCUT2D eigenvalue weighted by Gasteiger charge is -2.34. The molecule has 6 nitrogen and oxygen atoms in total. The number of benzene rings is 1. The van der Waals surface area contributed by atoms with E-state index in [2.05, 4.69) is 13.8 Å². The number of ether oxygens (including phenoxy) is 1. The summed E-state index contributed by atoms with van der Waals surface area (Å²) in [7, 11) is -1.95. The van der Waals surface area contributed by atoms with E-state index >= 15 is 0 Å². The van der Waals surface area contributed by atoms with Gasteiger partial charge in [0.05, 0.1) is 17.9 Å². The van der Waals surface area contributed by atoms with Crippen molar-refractivity contribution in [2.24, 2.45) is 0 Å². The van der Waals surface area contributed by atoms with Crippen LogP contribution in [0, 0.1) is 0 Å². The van der Waals surface area contributed by atoms with Crippen molar-refractivity contribution in [3.63, 3.8) is 0 Å². The van der Waals surface area contributed by atoms with Crippen molar-refractivity contribution in [1.29, 1.82) is 0 Å². The molecule has 0 bridgehead atoms. The molecule has 1 heterocycles. The van der Waals surface area contributed by atoms with Gasteiger partial charge >= 0.3 is 0 Å². The lowest BCUT2D eigenvalue weighted by Crippen LogP contribution is -2.50. The first-order chi connectivity index (χ1) is 11.9. The van der Waals surface area contributed by atoms with Crippen molar-refractivity contribution in [3.8, 4) is 0 Å². The molecule has 1 atom stereocenters. The van der Waals surface area contributed by atoms with Gasteiger partial charge in [-0.25, -0.2) is 8.42 Å². The Hall–Kier alpha value is -1.44. The molecule has 0 spiro atoms. The normalized spacial score (nSPS) is 17.5. The maximum absolute atomic E-state index is 12.8. The molecule has 140 valence electrons. The van der Waals surface area contributed by atoms with Crippen molar-refractivity contribution >= 4 is 15.9 Å². The van der Waals surface area contributed by atoms with Crippen LogP contribution in [0.5, 0.6) is 0 Å². The van der Waals surface area contributed by atoms with Crippen molar-refractivity contribution in [2.45, 2.75) is 37.5 Å². The van der Waals surface area contributed by atoms with Gasteiger partial charge in [-0.2, -0.15) is 4.31 Å². The van der Waals surface area contributed by atoms with Crippen LogP contribution < -0.4 is 0 Å². The Kier molecular flexibility index (Phi) is 6.98. The molecule has 1 aromatic carbocycles. The molecular formula is C18H28N2O4S. The number of hydrogen-bond acceptors (Lipinski definition) is 4. The van der Waals surface area contributed by atoms with Crippen LogP contribution in [-0.4, -0.2) is 63.4 Å². The van der Waals surface area contributed by atoms with Gasteiger partial charge in [0.15, 0.2) is 0 Å². The molecule has 0 aromatic heterocycles. The molecule has 1 saturated heterocycles. The highest BCUT2D eigenvalue weighted by Crippen LogP contribution is 2.23. The minimum absolute atomic E-state index is 0.0109. The van der Waals surface area contributed by atoms with Gasteiger partial charge in [-0.1, -0.05) is 26.0 Å². The standard InChI is InChI=1S/C18H28N2O4S/c1-4-15(2)16-5-7-17(8-6-16)25(22,23)20-12-10-19(11-13-20)18(21)9-14-24-3/h5-8,15H,4,9-14H2,1-3H3/t15-/m1/s1. The summed E-state index contributed by atoms with van der Waals surface area (Å²) in [5.41, 5.74) is 1.15. The SMILES string of the molecule is CC[C@@H](C)c1ccc(S(=O)(=O)N2CCN(C(=O)CCOC)CC2)cc1. The number of carbonyl (C=O) groups is 1. The lowest BCUT2D eigenvalue weighted by atomic mass is 9.99. The molecule has 0 unspecified atom stereocenters. The first-order valence-corrected chi connectivity index (χ1v) is 10.2. The highest BCUT2D eigenvalue weighted by Gasteiger charge is 2.29. The smallest absolute Gasteiger partial charge is 0.243 e. The van der Waals surface area contributed by atoms with E-state index in [-0.39, 0.29) is 5.91 Å². The molecule has 25 heavy (non-hydrogen) atoms. The van der Waals surface area contributed by atoms with Crippen LogP contribution in [0.4, 0.5) is 0 Å². The number of carbonyl (C=O) groups excluding carboxylic acids is 1. The van der Waals surface area contributed by atoms with Crippen LogP contribution in [0.25, 0.3) is 0 Å². The van der Waals surface area contributed by atoms with Crippen LogP contribution in [0.15, 0.2) is 29.2 Å². The lowest BCUT2D eigenvalue weighted by molar-refractivity contribution is -0.133. The molecule has 1 aliphatic rings. The van der Waals surface area contributed by atoms with Gasteiger partial charge in [-0.15, -0.1) is 0 Å². The van der Waals surface area contributed by atoms with Crippen LogP contribution in [0.3, 0.4) is 0 Å². The van der Waals surface area contributed by atoms with E-state index in [1.165, 1.54) is 4.31 Å². The summed E-state index contributed by atoms with van der Waals surface area (Å²) in [6, 6.07) is 7.16. The Morgan fingerprint density at radius 1 is 1.16 bits per heavy atom. The number of rotatable bonds is 7. The number of hydrogen-bond donors (Lipinski definition) is 0. The topological polar surface area (TPSA) is 66.9 Å². The number of piperazine rings is 1. The number of nitrogens with zero attached hydrogens (tertiary/aromatic N) is 2. The fourth-order valence-electron chi connectivity index (χ4n) is 2.88. The maximum Gasteiger partial charge on any atom is 0.243 e. The number of methoxy groups -OCH3 is 1. The highest BCUT2D eigenvalue weighted by atomic mass is 32.2. The van der Waals surface area contributed by atoms with Crippen molar-refractivity contribution in [2.75, 3.05) is 39.9 Å². The van der Waals surface area contributed by atoms with Crippen LogP contribution in [-0.2, 0) is 19.6 Å². The van der Waals surface area contributed by atoms with Gasteiger partial charge in [0.1, 0.15) is 0 Å². The first-order valence-electron chi connectivity index (χ1n) is 8.77. The molecule has 2 rings (SSSR count). The van der Waals surface area contributed by atoms with Crippen LogP contribution in [0.1, 0.15) is 38.2 Å². The third-order valence-corrected chi connectivity index (χ3v) is 6.72. The number of sulfonamides is 1. The molecule has 0 radical (unpaired) electrons. The van der Waals surface area contributed by atoms with E-state index in [0.29, 0.717) is 50.0 Å². The fourth-order valence-corrected chi connectivity index (χ4v) is 4.30. The first kappa shape index (κ1) is 19.9. The summed E-state index contributed by atoms with van der Waals surface area (Å²) in [5, 5.41) is 0. The quantitative estimate of drug-likeness (QED) is 0.739. The molecule has 1 fully saturated rings. The monoisotopic (exact) mass is 368 g/mol. The number of amides is 1. The highest BCUT2D eigenvalue weighted by molar-refractivity contribution is 7.89. The maximum atomic E-state index is 12.8. The average Bonchev–Trinajstić information content (AvgIpc) is 2.65. The predicted molar refractivity (Wildman–Crippen MR) is 97.0 cm³/mol. The minimum atomic E-state index is -3.51. The predicted octanol–water partition coefficient (Wildman–Crippen LogP) is 2.07. The van der Waals surface area contributed by atoms with E-state index in [1.807, 2.05) is 12.1 Å². The molecule has 7 heteroatoms. The molecule has 1 aromatic rings. The summed E-state index contributed by atoms with van der Waals surface area (Å²) < 4.78 is 32.0. The van der Waals surface area contributed by atoms with Crippen molar-refractivity contribution in [1.82, 2.24) is 9.21 Å². The van der Waals surface area contributed by atoms with Gasteiger partial charge in [-0.05, 0) is 30.0 Å². The van der Waals surface area contributed by atoms with Gasteiger partial charge in [0, 0.05) is 33.3 Å². The zero-order chi connectivity index (χ0) is 18.4. The summed E-state index contributed by atoms with van der Waals surface area (Å²) >= 11 is 0. The van der Waals surface area contributed by atoms with E-state index in [0.717, 1.165) is 12.0 Å². The summed E-state index contributed by atoms with van der Waals surface area (Å²) in [5.74, 6) is 0.426. The van der Waals surface area contributed by atoms with Crippen molar-refractivity contribution < 1.29 is 17.9 Å². The van der Waals surface area contributed by atoms with E-state index < -0.39 is 10.0 Å². The van der Waals surface area contributed by atoms with Gasteiger partial charge in [-0.3, -0.25) is 4.79 Å². The second kappa shape index (κ2) is 8.78. The summed E-state index contributed by atoms with van der Waals surface area (Å²) in [4.78, 5) is 14.0. The second-order valence-corrected chi connectivity index (χ2v) is 8.34. The van der Waals surface area contributed by atoms with E-state index in [4.69, 9.17) is 4.74 Å².